The second kappa shape index (κ2) is 6.10. The van der Waals surface area contributed by atoms with Crippen LogP contribution in [0.1, 0.15) is 63.9 Å². The van der Waals surface area contributed by atoms with E-state index in [1.165, 1.54) is 5.56 Å². The zero-order chi connectivity index (χ0) is 14.9. The summed E-state index contributed by atoms with van der Waals surface area (Å²) >= 11 is 0. The SMILES string of the molecule is CC1(C)CCC(CC2CC(c3ccccc3)CCC2O)O1. The Morgan fingerprint density at radius 3 is 2.57 bits per heavy atom. The number of hydrogen-bond donors (Lipinski definition) is 1. The molecule has 0 amide bonds. The van der Waals surface area contributed by atoms with Gasteiger partial charge in [0.05, 0.1) is 17.8 Å². The van der Waals surface area contributed by atoms with Crippen LogP contribution in [0.3, 0.4) is 0 Å². The predicted molar refractivity (Wildman–Crippen MR) is 85.3 cm³/mol. The van der Waals surface area contributed by atoms with E-state index in [0.29, 0.717) is 17.9 Å². The number of benzene rings is 1. The van der Waals surface area contributed by atoms with Crippen molar-refractivity contribution in [2.24, 2.45) is 5.92 Å². The molecular formula is C19H28O2. The third-order valence-corrected chi connectivity index (χ3v) is 5.33. The zero-order valence-corrected chi connectivity index (χ0v) is 13.3. The van der Waals surface area contributed by atoms with Crippen LogP contribution in [0.4, 0.5) is 0 Å². The van der Waals surface area contributed by atoms with Gasteiger partial charge in [-0.2, -0.15) is 0 Å². The van der Waals surface area contributed by atoms with Crippen LogP contribution in [0.15, 0.2) is 30.3 Å². The Balaban J connectivity index is 1.62. The van der Waals surface area contributed by atoms with Gasteiger partial charge in [-0.05, 0) is 69.8 Å². The summed E-state index contributed by atoms with van der Waals surface area (Å²) in [5.41, 5.74) is 1.46. The van der Waals surface area contributed by atoms with Crippen LogP contribution in [-0.2, 0) is 4.74 Å². The van der Waals surface area contributed by atoms with Gasteiger partial charge in [0, 0.05) is 0 Å². The molecule has 1 heterocycles. The van der Waals surface area contributed by atoms with Crippen LogP contribution in [0.2, 0.25) is 0 Å². The summed E-state index contributed by atoms with van der Waals surface area (Å²) in [6, 6.07) is 10.8. The molecule has 1 aromatic rings. The Kier molecular flexibility index (Phi) is 4.37. The maximum Gasteiger partial charge on any atom is 0.0631 e. The molecule has 1 saturated heterocycles. The Hall–Kier alpha value is -0.860. The van der Waals surface area contributed by atoms with E-state index in [-0.39, 0.29) is 11.7 Å². The fourth-order valence-corrected chi connectivity index (χ4v) is 4.11. The summed E-state index contributed by atoms with van der Waals surface area (Å²) in [5.74, 6) is 0.997. The molecule has 3 rings (SSSR count). The quantitative estimate of drug-likeness (QED) is 0.899. The van der Waals surface area contributed by atoms with Crippen molar-refractivity contribution in [1.29, 1.82) is 0 Å². The van der Waals surface area contributed by atoms with E-state index in [2.05, 4.69) is 44.2 Å². The van der Waals surface area contributed by atoms with Crippen molar-refractivity contribution in [3.63, 3.8) is 0 Å². The van der Waals surface area contributed by atoms with Crippen LogP contribution in [0, 0.1) is 5.92 Å². The van der Waals surface area contributed by atoms with Gasteiger partial charge in [-0.15, -0.1) is 0 Å². The minimum absolute atomic E-state index is 0.0309. The van der Waals surface area contributed by atoms with Crippen LogP contribution < -0.4 is 0 Å². The van der Waals surface area contributed by atoms with Gasteiger partial charge in [-0.1, -0.05) is 30.3 Å². The van der Waals surface area contributed by atoms with E-state index in [1.807, 2.05) is 0 Å². The molecule has 1 aliphatic carbocycles. The molecule has 1 aromatic carbocycles. The van der Waals surface area contributed by atoms with Gasteiger partial charge >= 0.3 is 0 Å². The first-order valence-electron chi connectivity index (χ1n) is 8.44. The van der Waals surface area contributed by atoms with Crippen LogP contribution in [0.25, 0.3) is 0 Å². The van der Waals surface area contributed by atoms with Gasteiger partial charge in [0.25, 0.3) is 0 Å². The third kappa shape index (κ3) is 3.67. The normalized spacial score (nSPS) is 35.8. The molecule has 2 aliphatic rings. The summed E-state index contributed by atoms with van der Waals surface area (Å²) in [6.07, 6.45) is 6.65. The topological polar surface area (TPSA) is 29.5 Å². The highest BCUT2D eigenvalue weighted by Gasteiger charge is 2.37. The Labute approximate surface area is 128 Å². The molecule has 1 saturated carbocycles. The minimum atomic E-state index is -0.141. The van der Waals surface area contributed by atoms with Crippen molar-refractivity contribution in [3.8, 4) is 0 Å². The van der Waals surface area contributed by atoms with E-state index >= 15 is 0 Å². The van der Waals surface area contributed by atoms with Gasteiger partial charge in [0.2, 0.25) is 0 Å². The summed E-state index contributed by atoms with van der Waals surface area (Å²) < 4.78 is 6.13. The van der Waals surface area contributed by atoms with E-state index in [9.17, 15) is 5.11 Å². The van der Waals surface area contributed by atoms with E-state index in [0.717, 1.165) is 38.5 Å². The fourth-order valence-electron chi connectivity index (χ4n) is 4.11. The van der Waals surface area contributed by atoms with Crippen LogP contribution in [-0.4, -0.2) is 22.9 Å². The Morgan fingerprint density at radius 1 is 1.14 bits per heavy atom. The van der Waals surface area contributed by atoms with Gasteiger partial charge in [0.1, 0.15) is 0 Å². The van der Waals surface area contributed by atoms with E-state index in [1.54, 1.807) is 0 Å². The van der Waals surface area contributed by atoms with Crippen molar-refractivity contribution in [3.05, 3.63) is 35.9 Å². The molecule has 0 aromatic heterocycles. The van der Waals surface area contributed by atoms with Crippen molar-refractivity contribution < 1.29 is 9.84 Å². The smallest absolute Gasteiger partial charge is 0.0631 e. The lowest BCUT2D eigenvalue weighted by Gasteiger charge is -2.35. The predicted octanol–water partition coefficient (Wildman–Crippen LogP) is 4.28. The second-order valence-corrected chi connectivity index (χ2v) is 7.52. The maximum atomic E-state index is 10.4. The molecule has 0 bridgehead atoms. The number of hydrogen-bond acceptors (Lipinski definition) is 2. The van der Waals surface area contributed by atoms with Gasteiger partial charge in [0.15, 0.2) is 0 Å². The minimum Gasteiger partial charge on any atom is -0.393 e. The molecule has 4 unspecified atom stereocenters. The lowest BCUT2D eigenvalue weighted by Crippen LogP contribution is -2.32. The summed E-state index contributed by atoms with van der Waals surface area (Å²) in [4.78, 5) is 0. The maximum absolute atomic E-state index is 10.4. The van der Waals surface area contributed by atoms with Crippen molar-refractivity contribution in [1.82, 2.24) is 0 Å². The highest BCUT2D eigenvalue weighted by molar-refractivity contribution is 5.20. The van der Waals surface area contributed by atoms with Crippen LogP contribution in [0.5, 0.6) is 0 Å². The van der Waals surface area contributed by atoms with Gasteiger partial charge in [-0.25, -0.2) is 0 Å². The largest absolute Gasteiger partial charge is 0.393 e. The molecule has 4 atom stereocenters. The van der Waals surface area contributed by atoms with Crippen LogP contribution >= 0.6 is 0 Å². The highest BCUT2D eigenvalue weighted by Crippen LogP contribution is 2.41. The molecular weight excluding hydrogens is 260 g/mol. The number of rotatable bonds is 3. The Bertz CT molecular complexity index is 454. The number of aliphatic hydroxyl groups is 1. The summed E-state index contributed by atoms with van der Waals surface area (Å²) in [6.45, 7) is 4.36. The molecule has 2 heteroatoms. The van der Waals surface area contributed by atoms with Crippen molar-refractivity contribution in [2.45, 2.75) is 76.1 Å². The highest BCUT2D eigenvalue weighted by atomic mass is 16.5. The fraction of sp³-hybridized carbons (Fsp3) is 0.684. The lowest BCUT2D eigenvalue weighted by atomic mass is 9.74. The number of aliphatic hydroxyl groups excluding tert-OH is 1. The first-order valence-corrected chi connectivity index (χ1v) is 8.44. The van der Waals surface area contributed by atoms with Gasteiger partial charge in [-0.3, -0.25) is 0 Å². The summed E-state index contributed by atoms with van der Waals surface area (Å²) in [7, 11) is 0. The zero-order valence-electron chi connectivity index (χ0n) is 13.3. The van der Waals surface area contributed by atoms with E-state index < -0.39 is 0 Å². The van der Waals surface area contributed by atoms with Crippen molar-refractivity contribution in [2.75, 3.05) is 0 Å². The van der Waals surface area contributed by atoms with Gasteiger partial charge < -0.3 is 9.84 Å². The molecule has 1 N–H and O–H groups in total. The average molecular weight is 288 g/mol. The lowest BCUT2D eigenvalue weighted by molar-refractivity contribution is -0.0419. The number of ether oxygens (including phenoxy) is 1. The monoisotopic (exact) mass is 288 g/mol. The first-order chi connectivity index (χ1) is 10.0. The Morgan fingerprint density at radius 2 is 1.90 bits per heavy atom. The third-order valence-electron chi connectivity index (χ3n) is 5.33. The first kappa shape index (κ1) is 15.1. The second-order valence-electron chi connectivity index (χ2n) is 7.52. The molecule has 1 aliphatic heterocycles. The summed E-state index contributed by atoms with van der Waals surface area (Å²) in [5, 5.41) is 10.4. The van der Waals surface area contributed by atoms with E-state index in [4.69, 9.17) is 4.74 Å². The van der Waals surface area contributed by atoms with Crippen molar-refractivity contribution >= 4 is 0 Å². The standard InChI is InChI=1S/C19H28O2/c1-19(2)11-10-17(21-19)13-16-12-15(8-9-18(16)20)14-6-4-3-5-7-14/h3-7,15-18,20H,8-13H2,1-2H3. The molecule has 2 fully saturated rings. The molecule has 0 spiro atoms. The molecule has 2 nitrogen and oxygen atoms in total. The molecule has 116 valence electrons. The molecule has 21 heavy (non-hydrogen) atoms. The average Bonchev–Trinajstić information content (AvgIpc) is 2.81. The molecule has 0 radical (unpaired) electrons.